The Morgan fingerprint density at radius 1 is 1.31 bits per heavy atom. The average Bonchev–Trinajstić information content (AvgIpc) is 2.29. The quantitative estimate of drug-likeness (QED) is 0.784. The predicted molar refractivity (Wildman–Crippen MR) is 67.4 cm³/mol. The van der Waals surface area contributed by atoms with Crippen molar-refractivity contribution in [2.45, 2.75) is 39.5 Å². The number of carbonyl (C=O) groups is 1. The van der Waals surface area contributed by atoms with E-state index in [0.29, 0.717) is 11.5 Å². The van der Waals surface area contributed by atoms with Gasteiger partial charge in [-0.1, -0.05) is 51.3 Å². The molecule has 1 atom stereocenters. The monoisotopic (exact) mass is 219 g/mol. The maximum Gasteiger partial charge on any atom is 0.248 e. The van der Waals surface area contributed by atoms with Crippen molar-refractivity contribution < 1.29 is 4.79 Å². The lowest BCUT2D eigenvalue weighted by molar-refractivity contribution is 0.0999. The lowest BCUT2D eigenvalue weighted by atomic mass is 9.90. The van der Waals surface area contributed by atoms with Gasteiger partial charge in [0.1, 0.15) is 0 Å². The summed E-state index contributed by atoms with van der Waals surface area (Å²) < 4.78 is 0. The molecule has 2 nitrogen and oxygen atoms in total. The van der Waals surface area contributed by atoms with Gasteiger partial charge in [0.2, 0.25) is 5.91 Å². The van der Waals surface area contributed by atoms with Gasteiger partial charge in [-0.15, -0.1) is 0 Å². The lowest BCUT2D eigenvalue weighted by Gasteiger charge is -2.15. The van der Waals surface area contributed by atoms with Crippen molar-refractivity contribution in [3.8, 4) is 0 Å². The third kappa shape index (κ3) is 3.37. The molecule has 0 bridgehead atoms. The molecule has 1 aromatic rings. The number of rotatable bonds is 6. The minimum Gasteiger partial charge on any atom is -0.366 e. The van der Waals surface area contributed by atoms with E-state index in [1.165, 1.54) is 12.8 Å². The smallest absolute Gasteiger partial charge is 0.248 e. The van der Waals surface area contributed by atoms with Crippen LogP contribution in [0, 0.1) is 5.92 Å². The first-order valence-electron chi connectivity index (χ1n) is 6.06. The molecule has 16 heavy (non-hydrogen) atoms. The zero-order valence-corrected chi connectivity index (χ0v) is 10.2. The molecule has 0 aliphatic rings. The number of carbonyl (C=O) groups excluding carboxylic acids is 1. The first-order chi connectivity index (χ1) is 7.69. The lowest BCUT2D eigenvalue weighted by Crippen LogP contribution is -2.15. The SMILES string of the molecule is CCCC(CC)Cc1ccccc1C(N)=O. The van der Waals surface area contributed by atoms with Crippen LogP contribution in [0.5, 0.6) is 0 Å². The molecule has 0 saturated heterocycles. The standard InChI is InChI=1S/C14H21NO/c1-3-7-11(4-2)10-12-8-5-6-9-13(12)14(15)16/h5-6,8-9,11H,3-4,7,10H2,1-2H3,(H2,15,16). The van der Waals surface area contributed by atoms with Crippen molar-refractivity contribution in [3.63, 3.8) is 0 Å². The Kier molecular flexibility index (Phi) is 5.03. The van der Waals surface area contributed by atoms with E-state index in [1.54, 1.807) is 0 Å². The Morgan fingerprint density at radius 3 is 2.56 bits per heavy atom. The number of nitrogens with two attached hydrogens (primary N) is 1. The fraction of sp³-hybridized carbons (Fsp3) is 0.500. The van der Waals surface area contributed by atoms with Crippen LogP contribution in [0.2, 0.25) is 0 Å². The van der Waals surface area contributed by atoms with Gasteiger partial charge in [-0.2, -0.15) is 0 Å². The van der Waals surface area contributed by atoms with Crippen LogP contribution >= 0.6 is 0 Å². The summed E-state index contributed by atoms with van der Waals surface area (Å²) in [5.41, 5.74) is 7.14. The number of hydrogen-bond donors (Lipinski definition) is 1. The van der Waals surface area contributed by atoms with Crippen LogP contribution in [0.25, 0.3) is 0 Å². The highest BCUT2D eigenvalue weighted by atomic mass is 16.1. The second kappa shape index (κ2) is 6.31. The van der Waals surface area contributed by atoms with Crippen LogP contribution in [0.3, 0.4) is 0 Å². The van der Waals surface area contributed by atoms with E-state index >= 15 is 0 Å². The van der Waals surface area contributed by atoms with Crippen molar-refractivity contribution in [2.24, 2.45) is 11.7 Å². The Labute approximate surface area is 97.9 Å². The molecule has 0 radical (unpaired) electrons. The summed E-state index contributed by atoms with van der Waals surface area (Å²) in [6.45, 7) is 4.40. The summed E-state index contributed by atoms with van der Waals surface area (Å²) in [5.74, 6) is 0.340. The Hall–Kier alpha value is -1.31. The van der Waals surface area contributed by atoms with Gasteiger partial charge in [0.25, 0.3) is 0 Å². The van der Waals surface area contributed by atoms with Crippen LogP contribution in [0.15, 0.2) is 24.3 Å². The fourth-order valence-electron chi connectivity index (χ4n) is 2.11. The zero-order chi connectivity index (χ0) is 12.0. The highest BCUT2D eigenvalue weighted by Crippen LogP contribution is 2.19. The van der Waals surface area contributed by atoms with Crippen LogP contribution in [-0.4, -0.2) is 5.91 Å². The van der Waals surface area contributed by atoms with Crippen LogP contribution < -0.4 is 5.73 Å². The van der Waals surface area contributed by atoms with Gasteiger partial charge < -0.3 is 5.73 Å². The van der Waals surface area contributed by atoms with E-state index in [0.717, 1.165) is 18.4 Å². The minimum atomic E-state index is -0.318. The maximum atomic E-state index is 11.3. The number of benzene rings is 1. The van der Waals surface area contributed by atoms with Crippen molar-refractivity contribution >= 4 is 5.91 Å². The molecule has 2 heteroatoms. The molecule has 0 heterocycles. The van der Waals surface area contributed by atoms with E-state index in [2.05, 4.69) is 13.8 Å². The van der Waals surface area contributed by atoms with Gasteiger partial charge in [-0.3, -0.25) is 4.79 Å². The summed E-state index contributed by atoms with van der Waals surface area (Å²) in [6, 6.07) is 7.67. The van der Waals surface area contributed by atoms with E-state index in [4.69, 9.17) is 5.73 Å². The number of hydrogen-bond acceptors (Lipinski definition) is 1. The Morgan fingerprint density at radius 2 is 2.00 bits per heavy atom. The van der Waals surface area contributed by atoms with E-state index in [-0.39, 0.29) is 5.91 Å². The van der Waals surface area contributed by atoms with Crippen molar-refractivity contribution in [2.75, 3.05) is 0 Å². The number of primary amides is 1. The Balaban J connectivity index is 2.82. The molecule has 1 rings (SSSR count). The van der Waals surface area contributed by atoms with Crippen molar-refractivity contribution in [3.05, 3.63) is 35.4 Å². The van der Waals surface area contributed by atoms with Crippen molar-refractivity contribution in [1.29, 1.82) is 0 Å². The van der Waals surface area contributed by atoms with Gasteiger partial charge in [0.05, 0.1) is 0 Å². The largest absolute Gasteiger partial charge is 0.366 e. The molecule has 88 valence electrons. The predicted octanol–water partition coefficient (Wildman–Crippen LogP) is 3.15. The molecule has 2 N–H and O–H groups in total. The van der Waals surface area contributed by atoms with Crippen molar-refractivity contribution in [1.82, 2.24) is 0 Å². The second-order valence-electron chi connectivity index (χ2n) is 4.29. The highest BCUT2D eigenvalue weighted by Gasteiger charge is 2.11. The summed E-state index contributed by atoms with van der Waals surface area (Å²) >= 11 is 0. The third-order valence-corrected chi connectivity index (χ3v) is 3.07. The summed E-state index contributed by atoms with van der Waals surface area (Å²) in [4.78, 5) is 11.3. The van der Waals surface area contributed by atoms with Gasteiger partial charge in [0.15, 0.2) is 0 Å². The number of amides is 1. The molecular formula is C14H21NO. The first kappa shape index (κ1) is 12.8. The average molecular weight is 219 g/mol. The fourth-order valence-corrected chi connectivity index (χ4v) is 2.11. The minimum absolute atomic E-state index is 0.318. The van der Waals surface area contributed by atoms with E-state index in [1.807, 2.05) is 24.3 Å². The van der Waals surface area contributed by atoms with E-state index < -0.39 is 0 Å². The topological polar surface area (TPSA) is 43.1 Å². The first-order valence-corrected chi connectivity index (χ1v) is 6.06. The molecule has 0 aromatic heterocycles. The molecule has 1 unspecified atom stereocenters. The van der Waals surface area contributed by atoms with Gasteiger partial charge in [-0.25, -0.2) is 0 Å². The Bertz CT molecular complexity index is 346. The van der Waals surface area contributed by atoms with E-state index in [9.17, 15) is 4.79 Å². The molecule has 0 aliphatic heterocycles. The second-order valence-corrected chi connectivity index (χ2v) is 4.29. The summed E-state index contributed by atoms with van der Waals surface area (Å²) in [5, 5.41) is 0. The van der Waals surface area contributed by atoms with Crippen LogP contribution in [0.4, 0.5) is 0 Å². The third-order valence-electron chi connectivity index (χ3n) is 3.07. The molecule has 0 spiro atoms. The molecule has 0 saturated carbocycles. The molecule has 0 fully saturated rings. The normalized spacial score (nSPS) is 12.4. The highest BCUT2D eigenvalue weighted by molar-refractivity contribution is 5.94. The molecular weight excluding hydrogens is 198 g/mol. The van der Waals surface area contributed by atoms with Crippen LogP contribution in [-0.2, 0) is 6.42 Å². The zero-order valence-electron chi connectivity index (χ0n) is 10.2. The van der Waals surface area contributed by atoms with Crippen LogP contribution in [0.1, 0.15) is 49.0 Å². The molecule has 0 aliphatic carbocycles. The van der Waals surface area contributed by atoms with Gasteiger partial charge in [-0.05, 0) is 24.0 Å². The maximum absolute atomic E-state index is 11.3. The molecule has 1 aromatic carbocycles. The summed E-state index contributed by atoms with van der Waals surface area (Å²) in [6.07, 6.45) is 4.52. The van der Waals surface area contributed by atoms with Gasteiger partial charge >= 0.3 is 0 Å². The molecule has 1 amide bonds. The van der Waals surface area contributed by atoms with Gasteiger partial charge in [0, 0.05) is 5.56 Å². The summed E-state index contributed by atoms with van der Waals surface area (Å²) in [7, 11) is 0.